The Kier molecular flexibility index (Phi) is 4.50. The predicted molar refractivity (Wildman–Crippen MR) is 68.3 cm³/mol. The molecule has 0 aromatic carbocycles. The highest BCUT2D eigenvalue weighted by atomic mass is 32.1. The number of nitrogens with two attached hydrogens (primary N) is 1. The lowest BCUT2D eigenvalue weighted by Crippen LogP contribution is -2.53. The molecule has 0 spiro atoms. The predicted octanol–water partition coefficient (Wildman–Crippen LogP) is 2.22. The second-order valence-corrected chi connectivity index (χ2v) is 5.14. The van der Waals surface area contributed by atoms with Gasteiger partial charge in [-0.15, -0.1) is 11.3 Å². The van der Waals surface area contributed by atoms with Crippen molar-refractivity contribution in [3.63, 3.8) is 0 Å². The number of likely N-dealkylation sites (N-methyl/N-ethyl adjacent to an activating group) is 1. The Morgan fingerprint density at radius 2 is 2.12 bits per heavy atom. The van der Waals surface area contributed by atoms with Gasteiger partial charge in [0.2, 0.25) is 5.91 Å². The molecule has 0 aliphatic heterocycles. The third kappa shape index (κ3) is 2.83. The summed E-state index contributed by atoms with van der Waals surface area (Å²) in [6.45, 7) is 4.57. The van der Waals surface area contributed by atoms with E-state index in [1.54, 1.807) is 16.2 Å². The fourth-order valence-electron chi connectivity index (χ4n) is 1.64. The maximum absolute atomic E-state index is 12.2. The second kappa shape index (κ2) is 5.46. The number of carbonyl (C=O) groups is 1. The van der Waals surface area contributed by atoms with Gasteiger partial charge in [-0.1, -0.05) is 19.9 Å². The lowest BCUT2D eigenvalue weighted by molar-refractivity contribution is -0.136. The minimum absolute atomic E-state index is 0.0332. The fourth-order valence-corrected chi connectivity index (χ4v) is 2.40. The van der Waals surface area contributed by atoms with Gasteiger partial charge in [0.1, 0.15) is 0 Å². The number of carbonyl (C=O) groups excluding carboxylic acids is 1. The van der Waals surface area contributed by atoms with Gasteiger partial charge in [-0.2, -0.15) is 0 Å². The Morgan fingerprint density at radius 1 is 1.50 bits per heavy atom. The van der Waals surface area contributed by atoms with Crippen molar-refractivity contribution >= 4 is 17.2 Å². The van der Waals surface area contributed by atoms with E-state index in [0.29, 0.717) is 19.4 Å². The van der Waals surface area contributed by atoms with Crippen LogP contribution in [0, 0.1) is 0 Å². The van der Waals surface area contributed by atoms with E-state index in [9.17, 15) is 4.79 Å². The van der Waals surface area contributed by atoms with Crippen LogP contribution in [0.25, 0.3) is 0 Å². The molecule has 0 aliphatic rings. The Bertz CT molecular complexity index is 331. The largest absolute Gasteiger partial charge is 0.339 e. The van der Waals surface area contributed by atoms with Crippen molar-refractivity contribution in [2.45, 2.75) is 38.8 Å². The Balaban J connectivity index is 2.67. The molecule has 3 nitrogen and oxygen atoms in total. The van der Waals surface area contributed by atoms with Crippen molar-refractivity contribution in [3.8, 4) is 0 Å². The van der Waals surface area contributed by atoms with E-state index in [4.69, 9.17) is 5.73 Å². The number of amides is 1. The Labute approximate surface area is 101 Å². The van der Waals surface area contributed by atoms with Crippen LogP contribution in [0.1, 0.15) is 31.6 Å². The molecule has 0 aliphatic carbocycles. The Hall–Kier alpha value is -0.870. The Morgan fingerprint density at radius 3 is 2.56 bits per heavy atom. The first-order valence-electron chi connectivity index (χ1n) is 5.60. The number of hydrogen-bond acceptors (Lipinski definition) is 3. The maximum Gasteiger partial charge on any atom is 0.242 e. The molecular weight excluding hydrogens is 220 g/mol. The first-order chi connectivity index (χ1) is 7.53. The summed E-state index contributed by atoms with van der Waals surface area (Å²) >= 11 is 1.66. The zero-order valence-electron chi connectivity index (χ0n) is 10.2. The van der Waals surface area contributed by atoms with Crippen LogP contribution >= 0.6 is 11.3 Å². The average Bonchev–Trinajstić information content (AvgIpc) is 2.79. The molecule has 0 saturated carbocycles. The van der Waals surface area contributed by atoms with Gasteiger partial charge in [0.15, 0.2) is 0 Å². The zero-order valence-corrected chi connectivity index (χ0v) is 11.0. The molecule has 0 unspecified atom stereocenters. The summed E-state index contributed by atoms with van der Waals surface area (Å²) in [6, 6.07) is 4.03. The van der Waals surface area contributed by atoms with Crippen LogP contribution < -0.4 is 5.73 Å². The van der Waals surface area contributed by atoms with Gasteiger partial charge >= 0.3 is 0 Å². The monoisotopic (exact) mass is 240 g/mol. The molecule has 0 radical (unpaired) electrons. The molecule has 1 heterocycles. The molecule has 0 bridgehead atoms. The van der Waals surface area contributed by atoms with Crippen molar-refractivity contribution in [3.05, 3.63) is 22.4 Å². The van der Waals surface area contributed by atoms with Crippen molar-refractivity contribution in [1.82, 2.24) is 4.90 Å². The van der Waals surface area contributed by atoms with Gasteiger partial charge in [-0.25, -0.2) is 0 Å². The van der Waals surface area contributed by atoms with Crippen LogP contribution in [0.3, 0.4) is 0 Å². The summed E-state index contributed by atoms with van der Waals surface area (Å²) in [5, 5.41) is 2.02. The van der Waals surface area contributed by atoms with E-state index in [2.05, 4.69) is 0 Å². The summed E-state index contributed by atoms with van der Waals surface area (Å²) in [5.74, 6) is 0.0332. The molecule has 1 rings (SSSR count). The first-order valence-corrected chi connectivity index (χ1v) is 6.48. The lowest BCUT2D eigenvalue weighted by Gasteiger charge is -2.30. The van der Waals surface area contributed by atoms with Gasteiger partial charge in [0.05, 0.1) is 12.1 Å². The number of nitrogens with zero attached hydrogens (tertiary/aromatic N) is 1. The van der Waals surface area contributed by atoms with Crippen LogP contribution in [-0.2, 0) is 11.3 Å². The quantitative estimate of drug-likeness (QED) is 0.858. The van der Waals surface area contributed by atoms with Crippen LogP contribution in [-0.4, -0.2) is 23.4 Å². The maximum atomic E-state index is 12.2. The minimum Gasteiger partial charge on any atom is -0.339 e. The smallest absolute Gasteiger partial charge is 0.242 e. The molecule has 0 atom stereocenters. The summed E-state index contributed by atoms with van der Waals surface area (Å²) in [4.78, 5) is 15.1. The fraction of sp³-hybridized carbons (Fsp3) is 0.583. The van der Waals surface area contributed by atoms with Gasteiger partial charge < -0.3 is 10.6 Å². The number of hydrogen-bond donors (Lipinski definition) is 1. The van der Waals surface area contributed by atoms with E-state index in [1.165, 1.54) is 4.88 Å². The van der Waals surface area contributed by atoms with Gasteiger partial charge in [0.25, 0.3) is 0 Å². The molecule has 2 N–H and O–H groups in total. The summed E-state index contributed by atoms with van der Waals surface area (Å²) in [5.41, 5.74) is 5.38. The van der Waals surface area contributed by atoms with Crippen LogP contribution in [0.15, 0.2) is 17.5 Å². The van der Waals surface area contributed by atoms with Crippen molar-refractivity contribution in [2.75, 3.05) is 7.05 Å². The molecule has 0 fully saturated rings. The van der Waals surface area contributed by atoms with Crippen molar-refractivity contribution < 1.29 is 4.79 Å². The van der Waals surface area contributed by atoms with Crippen molar-refractivity contribution in [1.29, 1.82) is 0 Å². The number of thiophene rings is 1. The zero-order chi connectivity index (χ0) is 12.2. The SMILES string of the molecule is CCC(N)(CC)C(=O)N(C)Cc1cccs1. The topological polar surface area (TPSA) is 46.3 Å². The second-order valence-electron chi connectivity index (χ2n) is 4.10. The summed E-state index contributed by atoms with van der Waals surface area (Å²) in [6.07, 6.45) is 1.36. The first kappa shape index (κ1) is 13.2. The normalized spacial score (nSPS) is 11.5. The molecule has 16 heavy (non-hydrogen) atoms. The van der Waals surface area contributed by atoms with Crippen LogP contribution in [0.5, 0.6) is 0 Å². The lowest BCUT2D eigenvalue weighted by atomic mass is 9.92. The summed E-state index contributed by atoms with van der Waals surface area (Å²) < 4.78 is 0. The van der Waals surface area contributed by atoms with Crippen LogP contribution in [0.2, 0.25) is 0 Å². The van der Waals surface area contributed by atoms with Gasteiger partial charge in [0, 0.05) is 11.9 Å². The van der Waals surface area contributed by atoms with E-state index >= 15 is 0 Å². The highest BCUT2D eigenvalue weighted by Gasteiger charge is 2.32. The highest BCUT2D eigenvalue weighted by Crippen LogP contribution is 2.17. The van der Waals surface area contributed by atoms with E-state index in [0.717, 1.165) is 0 Å². The summed E-state index contributed by atoms with van der Waals surface area (Å²) in [7, 11) is 1.81. The average molecular weight is 240 g/mol. The highest BCUT2D eigenvalue weighted by molar-refractivity contribution is 7.09. The molecule has 4 heteroatoms. The molecule has 1 aromatic heterocycles. The van der Waals surface area contributed by atoms with E-state index in [1.807, 2.05) is 38.4 Å². The van der Waals surface area contributed by atoms with Gasteiger partial charge in [-0.05, 0) is 24.3 Å². The molecule has 90 valence electrons. The van der Waals surface area contributed by atoms with E-state index < -0.39 is 5.54 Å². The number of rotatable bonds is 5. The van der Waals surface area contributed by atoms with E-state index in [-0.39, 0.29) is 5.91 Å². The standard InChI is InChI=1S/C12H20N2OS/c1-4-12(13,5-2)11(15)14(3)9-10-7-6-8-16-10/h6-8H,4-5,9,13H2,1-3H3. The molecule has 0 saturated heterocycles. The molecule has 1 amide bonds. The van der Waals surface area contributed by atoms with Crippen molar-refractivity contribution in [2.24, 2.45) is 5.73 Å². The third-order valence-corrected chi connectivity index (χ3v) is 3.87. The van der Waals surface area contributed by atoms with Crippen LogP contribution in [0.4, 0.5) is 0 Å². The minimum atomic E-state index is -0.702. The molecular formula is C12H20N2OS. The molecule has 1 aromatic rings. The van der Waals surface area contributed by atoms with Gasteiger partial charge in [-0.3, -0.25) is 4.79 Å². The third-order valence-electron chi connectivity index (χ3n) is 3.01.